The fourth-order valence-electron chi connectivity index (χ4n) is 2.42. The first-order valence-electron chi connectivity index (χ1n) is 6.77. The first-order chi connectivity index (χ1) is 8.88. The van der Waals surface area contributed by atoms with Crippen LogP contribution < -0.4 is 4.74 Å². The molecule has 18 heavy (non-hydrogen) atoms. The van der Waals surface area contributed by atoms with E-state index in [1.807, 2.05) is 30.3 Å². The zero-order valence-electron chi connectivity index (χ0n) is 11.2. The molecule has 100 valence electrons. The van der Waals surface area contributed by atoms with Crippen molar-refractivity contribution in [1.29, 1.82) is 0 Å². The summed E-state index contributed by atoms with van der Waals surface area (Å²) in [6, 6.07) is 10.0. The maximum Gasteiger partial charge on any atom is 0.119 e. The molecule has 0 aromatic heterocycles. The monoisotopic (exact) mass is 249 g/mol. The van der Waals surface area contributed by atoms with Gasteiger partial charge in [0.25, 0.3) is 0 Å². The zero-order chi connectivity index (χ0) is 12.6. The van der Waals surface area contributed by atoms with Crippen molar-refractivity contribution in [3.63, 3.8) is 0 Å². The average Bonchev–Trinajstić information content (AvgIpc) is 2.42. The molecule has 1 heterocycles. The fraction of sp³-hybridized carbons (Fsp3) is 0.600. The maximum atomic E-state index is 5.72. The van der Waals surface area contributed by atoms with Crippen molar-refractivity contribution < 1.29 is 9.47 Å². The number of nitrogens with zero attached hydrogens (tertiary/aromatic N) is 1. The van der Waals surface area contributed by atoms with Crippen molar-refractivity contribution in [2.45, 2.75) is 12.8 Å². The lowest BCUT2D eigenvalue weighted by Crippen LogP contribution is -2.37. The molecule has 2 rings (SSSR count). The van der Waals surface area contributed by atoms with Crippen molar-refractivity contribution in [2.24, 2.45) is 5.92 Å². The van der Waals surface area contributed by atoms with Crippen LogP contribution in [-0.2, 0) is 4.74 Å². The van der Waals surface area contributed by atoms with E-state index in [4.69, 9.17) is 9.47 Å². The van der Waals surface area contributed by atoms with Gasteiger partial charge in [-0.05, 0) is 44.0 Å². The predicted molar refractivity (Wildman–Crippen MR) is 73.0 cm³/mol. The van der Waals surface area contributed by atoms with Crippen LogP contribution in [0, 0.1) is 5.92 Å². The van der Waals surface area contributed by atoms with Crippen LogP contribution in [0.25, 0.3) is 0 Å². The van der Waals surface area contributed by atoms with E-state index in [9.17, 15) is 0 Å². The van der Waals surface area contributed by atoms with E-state index in [0.717, 1.165) is 31.4 Å². The molecule has 0 unspecified atom stereocenters. The van der Waals surface area contributed by atoms with E-state index in [-0.39, 0.29) is 0 Å². The van der Waals surface area contributed by atoms with Crippen LogP contribution in [-0.4, -0.2) is 44.9 Å². The molecule has 0 spiro atoms. The van der Waals surface area contributed by atoms with E-state index in [0.29, 0.717) is 0 Å². The Morgan fingerprint density at radius 2 is 1.89 bits per heavy atom. The molecule has 0 bridgehead atoms. The summed E-state index contributed by atoms with van der Waals surface area (Å²) < 4.78 is 10.9. The molecule has 0 aliphatic carbocycles. The molecular weight excluding hydrogens is 226 g/mol. The Hall–Kier alpha value is -1.06. The van der Waals surface area contributed by atoms with Crippen molar-refractivity contribution in [3.05, 3.63) is 30.3 Å². The van der Waals surface area contributed by atoms with Crippen LogP contribution in [0.3, 0.4) is 0 Å². The Labute approximate surface area is 110 Å². The van der Waals surface area contributed by atoms with Crippen molar-refractivity contribution in [3.8, 4) is 5.75 Å². The van der Waals surface area contributed by atoms with Crippen LogP contribution in [0.5, 0.6) is 5.75 Å². The van der Waals surface area contributed by atoms with E-state index >= 15 is 0 Å². The second-order valence-electron chi connectivity index (χ2n) is 4.90. The fourth-order valence-corrected chi connectivity index (χ4v) is 2.42. The summed E-state index contributed by atoms with van der Waals surface area (Å²) in [7, 11) is 1.79. The van der Waals surface area contributed by atoms with Gasteiger partial charge in [-0.3, -0.25) is 4.90 Å². The number of rotatable bonds is 6. The zero-order valence-corrected chi connectivity index (χ0v) is 11.2. The van der Waals surface area contributed by atoms with Gasteiger partial charge in [-0.25, -0.2) is 0 Å². The highest BCUT2D eigenvalue weighted by atomic mass is 16.5. The lowest BCUT2D eigenvalue weighted by molar-refractivity contribution is 0.0928. The number of ether oxygens (including phenoxy) is 2. The largest absolute Gasteiger partial charge is 0.492 e. The maximum absolute atomic E-state index is 5.72. The first-order valence-corrected chi connectivity index (χ1v) is 6.77. The molecule has 1 aromatic rings. The summed E-state index contributed by atoms with van der Waals surface area (Å²) in [6.45, 7) is 5.06. The molecule has 0 N–H and O–H groups in total. The lowest BCUT2D eigenvalue weighted by atomic mass is 9.98. The van der Waals surface area contributed by atoms with Crippen LogP contribution >= 0.6 is 0 Å². The molecule has 1 aliphatic rings. The Morgan fingerprint density at radius 1 is 1.17 bits per heavy atom. The average molecular weight is 249 g/mol. The molecule has 1 saturated heterocycles. The van der Waals surface area contributed by atoms with E-state index in [1.165, 1.54) is 25.9 Å². The van der Waals surface area contributed by atoms with Gasteiger partial charge in [-0.2, -0.15) is 0 Å². The highest BCUT2D eigenvalue weighted by molar-refractivity contribution is 5.20. The van der Waals surface area contributed by atoms with Crippen LogP contribution in [0.2, 0.25) is 0 Å². The third kappa shape index (κ3) is 4.31. The van der Waals surface area contributed by atoms with Crippen LogP contribution in [0.1, 0.15) is 12.8 Å². The third-order valence-corrected chi connectivity index (χ3v) is 3.53. The molecule has 0 amide bonds. The van der Waals surface area contributed by atoms with Crippen LogP contribution in [0.15, 0.2) is 30.3 Å². The number of hydrogen-bond acceptors (Lipinski definition) is 3. The molecule has 1 fully saturated rings. The molecule has 0 saturated carbocycles. The number of para-hydroxylation sites is 1. The van der Waals surface area contributed by atoms with Gasteiger partial charge in [0.05, 0.1) is 0 Å². The van der Waals surface area contributed by atoms with Gasteiger partial charge >= 0.3 is 0 Å². The highest BCUT2D eigenvalue weighted by Gasteiger charge is 2.18. The summed E-state index contributed by atoms with van der Waals surface area (Å²) in [6.07, 6.45) is 2.50. The molecule has 0 radical (unpaired) electrons. The van der Waals surface area contributed by atoms with Gasteiger partial charge < -0.3 is 9.47 Å². The second-order valence-corrected chi connectivity index (χ2v) is 4.90. The quantitative estimate of drug-likeness (QED) is 0.773. The SMILES string of the molecule is COCC1CCN(CCOc2ccccc2)CC1. The van der Waals surface area contributed by atoms with E-state index < -0.39 is 0 Å². The Kier molecular flexibility index (Phi) is 5.49. The van der Waals surface area contributed by atoms with Gasteiger partial charge in [-0.1, -0.05) is 18.2 Å². The van der Waals surface area contributed by atoms with Crippen molar-refractivity contribution in [1.82, 2.24) is 4.90 Å². The van der Waals surface area contributed by atoms with Crippen molar-refractivity contribution in [2.75, 3.05) is 40.0 Å². The lowest BCUT2D eigenvalue weighted by Gasteiger charge is -2.31. The third-order valence-electron chi connectivity index (χ3n) is 3.53. The van der Waals surface area contributed by atoms with Gasteiger partial charge in [0.1, 0.15) is 12.4 Å². The summed E-state index contributed by atoms with van der Waals surface area (Å²) in [5, 5.41) is 0. The Balaban J connectivity index is 1.61. The summed E-state index contributed by atoms with van der Waals surface area (Å²) in [5.74, 6) is 1.72. The smallest absolute Gasteiger partial charge is 0.119 e. The summed E-state index contributed by atoms with van der Waals surface area (Å²) in [4.78, 5) is 2.48. The van der Waals surface area contributed by atoms with E-state index in [2.05, 4.69) is 4.90 Å². The minimum absolute atomic E-state index is 0.751. The second kappa shape index (κ2) is 7.39. The Bertz CT molecular complexity index is 321. The van der Waals surface area contributed by atoms with E-state index in [1.54, 1.807) is 7.11 Å². The van der Waals surface area contributed by atoms with Gasteiger partial charge in [0, 0.05) is 20.3 Å². The minimum atomic E-state index is 0.751. The molecule has 1 aromatic carbocycles. The predicted octanol–water partition coefficient (Wildman–Crippen LogP) is 2.42. The first kappa shape index (κ1) is 13.4. The number of benzene rings is 1. The number of hydrogen-bond donors (Lipinski definition) is 0. The van der Waals surface area contributed by atoms with Crippen molar-refractivity contribution >= 4 is 0 Å². The van der Waals surface area contributed by atoms with Gasteiger partial charge in [0.15, 0.2) is 0 Å². The number of piperidine rings is 1. The number of likely N-dealkylation sites (tertiary alicyclic amines) is 1. The molecular formula is C15H23NO2. The molecule has 1 aliphatic heterocycles. The molecule has 3 heteroatoms. The number of methoxy groups -OCH3 is 1. The highest BCUT2D eigenvalue weighted by Crippen LogP contribution is 2.17. The summed E-state index contributed by atoms with van der Waals surface area (Å²) in [5.41, 5.74) is 0. The van der Waals surface area contributed by atoms with Gasteiger partial charge in [-0.15, -0.1) is 0 Å². The molecule has 3 nitrogen and oxygen atoms in total. The standard InChI is InChI=1S/C15H23NO2/c1-17-13-14-7-9-16(10-8-14)11-12-18-15-5-3-2-4-6-15/h2-6,14H,7-13H2,1H3. The normalized spacial score (nSPS) is 17.8. The Morgan fingerprint density at radius 3 is 2.56 bits per heavy atom. The topological polar surface area (TPSA) is 21.7 Å². The van der Waals surface area contributed by atoms with Gasteiger partial charge in [0.2, 0.25) is 0 Å². The molecule has 0 atom stereocenters. The summed E-state index contributed by atoms with van der Waals surface area (Å²) >= 11 is 0. The van der Waals surface area contributed by atoms with Crippen LogP contribution in [0.4, 0.5) is 0 Å². The minimum Gasteiger partial charge on any atom is -0.492 e.